The highest BCUT2D eigenvalue weighted by atomic mass is 79.9. The van der Waals surface area contributed by atoms with Crippen LogP contribution in [0.2, 0.25) is 5.02 Å². The molecule has 2 rings (SSSR count). The number of carbonyl (C=O) groups excluding carboxylic acids is 1. The monoisotopic (exact) mass is 328 g/mol. The summed E-state index contributed by atoms with van der Waals surface area (Å²) in [5.74, 6) is -1.00. The summed E-state index contributed by atoms with van der Waals surface area (Å²) >= 11 is 9.03. The van der Waals surface area contributed by atoms with Crippen molar-refractivity contribution in [1.29, 1.82) is 0 Å². The van der Waals surface area contributed by atoms with Crippen molar-refractivity contribution in [3.63, 3.8) is 0 Å². The van der Waals surface area contributed by atoms with E-state index in [1.807, 2.05) is 0 Å². The van der Waals surface area contributed by atoms with Gasteiger partial charge in [-0.15, -0.1) is 0 Å². The maximum atomic E-state index is 13.5. The molecular weight excluding hydrogens is 322 g/mol. The molecule has 1 aromatic heterocycles. The molecule has 0 bridgehead atoms. The standard InChI is InChI=1S/C12H7BrClFN2O/c13-7-1-2-10(15)11(5-7)17-12(18)8-3-4-16-6-9(8)14/h1-6H,(H,17,18). The Morgan fingerprint density at radius 3 is 2.89 bits per heavy atom. The van der Waals surface area contributed by atoms with Crippen LogP contribution in [0, 0.1) is 5.82 Å². The molecule has 0 spiro atoms. The quantitative estimate of drug-likeness (QED) is 0.908. The van der Waals surface area contributed by atoms with Gasteiger partial charge in [-0.3, -0.25) is 9.78 Å². The van der Waals surface area contributed by atoms with Crippen LogP contribution in [0.3, 0.4) is 0 Å². The van der Waals surface area contributed by atoms with E-state index in [-0.39, 0.29) is 16.3 Å². The van der Waals surface area contributed by atoms with Crippen molar-refractivity contribution in [1.82, 2.24) is 4.98 Å². The Balaban J connectivity index is 2.27. The van der Waals surface area contributed by atoms with E-state index in [0.717, 1.165) is 0 Å². The molecule has 0 atom stereocenters. The Morgan fingerprint density at radius 1 is 1.39 bits per heavy atom. The maximum Gasteiger partial charge on any atom is 0.257 e. The van der Waals surface area contributed by atoms with Crippen LogP contribution in [-0.2, 0) is 0 Å². The fraction of sp³-hybridized carbons (Fsp3) is 0. The lowest BCUT2D eigenvalue weighted by Gasteiger charge is -2.07. The minimum absolute atomic E-state index is 0.0854. The summed E-state index contributed by atoms with van der Waals surface area (Å²) in [5.41, 5.74) is 0.327. The molecule has 0 radical (unpaired) electrons. The molecule has 92 valence electrons. The van der Waals surface area contributed by atoms with Crippen molar-refractivity contribution < 1.29 is 9.18 Å². The number of amides is 1. The number of aromatic nitrogens is 1. The van der Waals surface area contributed by atoms with E-state index in [0.29, 0.717) is 4.47 Å². The predicted molar refractivity (Wildman–Crippen MR) is 71.3 cm³/mol. The Kier molecular flexibility index (Phi) is 3.93. The van der Waals surface area contributed by atoms with Crippen molar-refractivity contribution in [2.75, 3.05) is 5.32 Å². The molecule has 2 aromatic rings. The van der Waals surface area contributed by atoms with E-state index < -0.39 is 11.7 Å². The van der Waals surface area contributed by atoms with Crippen LogP contribution in [0.5, 0.6) is 0 Å². The van der Waals surface area contributed by atoms with Gasteiger partial charge in [-0.2, -0.15) is 0 Å². The van der Waals surface area contributed by atoms with Gasteiger partial charge >= 0.3 is 0 Å². The zero-order valence-corrected chi connectivity index (χ0v) is 11.3. The first kappa shape index (κ1) is 13.0. The van der Waals surface area contributed by atoms with Crippen LogP contribution in [0.1, 0.15) is 10.4 Å². The van der Waals surface area contributed by atoms with Gasteiger partial charge in [0.2, 0.25) is 0 Å². The first-order chi connectivity index (χ1) is 8.58. The smallest absolute Gasteiger partial charge is 0.257 e. The number of anilines is 1. The van der Waals surface area contributed by atoms with Crippen LogP contribution >= 0.6 is 27.5 Å². The molecule has 0 saturated heterocycles. The molecule has 18 heavy (non-hydrogen) atoms. The molecule has 0 aliphatic carbocycles. The SMILES string of the molecule is O=C(Nc1cc(Br)ccc1F)c1ccncc1Cl. The lowest BCUT2D eigenvalue weighted by Crippen LogP contribution is -2.13. The summed E-state index contributed by atoms with van der Waals surface area (Å²) in [4.78, 5) is 15.7. The van der Waals surface area contributed by atoms with Gasteiger partial charge in [0.25, 0.3) is 5.91 Å². The van der Waals surface area contributed by atoms with Crippen LogP contribution in [-0.4, -0.2) is 10.9 Å². The summed E-state index contributed by atoms with van der Waals surface area (Å²) in [6.45, 7) is 0. The zero-order valence-electron chi connectivity index (χ0n) is 8.95. The summed E-state index contributed by atoms with van der Waals surface area (Å²) in [7, 11) is 0. The molecule has 3 nitrogen and oxygen atoms in total. The number of carbonyl (C=O) groups is 1. The van der Waals surface area contributed by atoms with Gasteiger partial charge in [0, 0.05) is 16.9 Å². The number of halogens is 3. The van der Waals surface area contributed by atoms with Gasteiger partial charge in [0.1, 0.15) is 5.82 Å². The second-order valence-electron chi connectivity index (χ2n) is 3.43. The highest BCUT2D eigenvalue weighted by molar-refractivity contribution is 9.10. The molecule has 0 aliphatic rings. The molecule has 0 fully saturated rings. The summed E-state index contributed by atoms with van der Waals surface area (Å²) < 4.78 is 14.1. The van der Waals surface area contributed by atoms with Gasteiger partial charge in [0.15, 0.2) is 0 Å². The zero-order chi connectivity index (χ0) is 13.1. The number of hydrogen-bond acceptors (Lipinski definition) is 2. The van der Waals surface area contributed by atoms with E-state index in [4.69, 9.17) is 11.6 Å². The average molecular weight is 330 g/mol. The highest BCUT2D eigenvalue weighted by Crippen LogP contribution is 2.22. The maximum absolute atomic E-state index is 13.5. The van der Waals surface area contributed by atoms with Crippen molar-refractivity contribution in [3.8, 4) is 0 Å². The van der Waals surface area contributed by atoms with E-state index in [2.05, 4.69) is 26.2 Å². The third-order valence-corrected chi connectivity index (χ3v) is 2.99. The van der Waals surface area contributed by atoms with E-state index in [1.165, 1.54) is 30.6 Å². The molecule has 0 aliphatic heterocycles. The Hall–Kier alpha value is -1.46. The van der Waals surface area contributed by atoms with Crippen LogP contribution < -0.4 is 5.32 Å². The molecule has 1 heterocycles. The van der Waals surface area contributed by atoms with Crippen molar-refractivity contribution >= 4 is 39.1 Å². The van der Waals surface area contributed by atoms with Crippen LogP contribution in [0.15, 0.2) is 41.1 Å². The highest BCUT2D eigenvalue weighted by Gasteiger charge is 2.12. The average Bonchev–Trinajstić information content (AvgIpc) is 2.34. The topological polar surface area (TPSA) is 42.0 Å². The van der Waals surface area contributed by atoms with Crippen molar-refractivity contribution in [2.24, 2.45) is 0 Å². The van der Waals surface area contributed by atoms with E-state index >= 15 is 0 Å². The second-order valence-corrected chi connectivity index (χ2v) is 4.76. The number of rotatable bonds is 2. The van der Waals surface area contributed by atoms with Gasteiger partial charge in [0.05, 0.1) is 16.3 Å². The largest absolute Gasteiger partial charge is 0.319 e. The minimum atomic E-state index is -0.517. The fourth-order valence-corrected chi connectivity index (χ4v) is 1.91. The number of nitrogens with zero attached hydrogens (tertiary/aromatic N) is 1. The third kappa shape index (κ3) is 2.86. The second kappa shape index (κ2) is 5.46. The molecule has 0 saturated carbocycles. The Labute approximate surface area is 116 Å². The Bertz CT molecular complexity index is 606. The molecular formula is C12H7BrClFN2O. The fourth-order valence-electron chi connectivity index (χ4n) is 1.34. The number of pyridine rings is 1. The summed E-state index contributed by atoms with van der Waals surface area (Å²) in [6, 6.07) is 5.74. The van der Waals surface area contributed by atoms with E-state index in [1.54, 1.807) is 6.07 Å². The molecule has 1 aromatic carbocycles. The number of hydrogen-bond donors (Lipinski definition) is 1. The number of nitrogens with one attached hydrogen (secondary N) is 1. The predicted octanol–water partition coefficient (Wildman–Crippen LogP) is 3.89. The Morgan fingerprint density at radius 2 is 2.17 bits per heavy atom. The first-order valence-corrected chi connectivity index (χ1v) is 6.11. The van der Waals surface area contributed by atoms with Gasteiger partial charge in [-0.1, -0.05) is 27.5 Å². The van der Waals surface area contributed by atoms with Crippen LogP contribution in [0.25, 0.3) is 0 Å². The molecule has 0 unspecified atom stereocenters. The third-order valence-electron chi connectivity index (χ3n) is 2.19. The van der Waals surface area contributed by atoms with Gasteiger partial charge in [-0.25, -0.2) is 4.39 Å². The molecule has 1 N–H and O–H groups in total. The summed E-state index contributed by atoms with van der Waals surface area (Å²) in [5, 5.41) is 2.67. The lowest BCUT2D eigenvalue weighted by atomic mass is 10.2. The summed E-state index contributed by atoms with van der Waals surface area (Å²) in [6.07, 6.45) is 2.80. The van der Waals surface area contributed by atoms with Gasteiger partial charge in [-0.05, 0) is 24.3 Å². The number of benzene rings is 1. The van der Waals surface area contributed by atoms with E-state index in [9.17, 15) is 9.18 Å². The minimum Gasteiger partial charge on any atom is -0.319 e. The van der Waals surface area contributed by atoms with Crippen LogP contribution in [0.4, 0.5) is 10.1 Å². The lowest BCUT2D eigenvalue weighted by molar-refractivity contribution is 0.102. The normalized spacial score (nSPS) is 10.2. The molecule has 1 amide bonds. The van der Waals surface area contributed by atoms with Gasteiger partial charge < -0.3 is 5.32 Å². The van der Waals surface area contributed by atoms with Crippen molar-refractivity contribution in [3.05, 3.63) is 57.5 Å². The molecule has 6 heteroatoms. The van der Waals surface area contributed by atoms with Crippen molar-refractivity contribution in [2.45, 2.75) is 0 Å². The first-order valence-electron chi connectivity index (χ1n) is 4.94.